The van der Waals surface area contributed by atoms with Crippen molar-refractivity contribution in [1.29, 1.82) is 0 Å². The van der Waals surface area contributed by atoms with Gasteiger partial charge in [-0.25, -0.2) is 4.79 Å². The van der Waals surface area contributed by atoms with Gasteiger partial charge in [-0.2, -0.15) is 13.2 Å². The molecule has 23 heavy (non-hydrogen) atoms. The molecular weight excluding hydrogens is 307 g/mol. The Bertz CT molecular complexity index is 556. The summed E-state index contributed by atoms with van der Waals surface area (Å²) in [6.45, 7) is 6.41. The first kappa shape index (κ1) is 17.6. The lowest BCUT2D eigenvalue weighted by atomic mass is 9.88. The molecule has 2 rings (SSSR count). The zero-order valence-electron chi connectivity index (χ0n) is 13.6. The summed E-state index contributed by atoms with van der Waals surface area (Å²) in [6.07, 6.45) is -3.41. The van der Waals surface area contributed by atoms with Crippen LogP contribution in [-0.4, -0.2) is 29.7 Å². The van der Waals surface area contributed by atoms with Crippen LogP contribution in [0.1, 0.15) is 50.7 Å². The van der Waals surface area contributed by atoms with Gasteiger partial charge in [0.05, 0.1) is 5.56 Å². The number of halogens is 3. The third kappa shape index (κ3) is 4.88. The van der Waals surface area contributed by atoms with Crippen LogP contribution in [0.2, 0.25) is 0 Å². The molecule has 1 aromatic carbocycles. The van der Waals surface area contributed by atoms with Crippen LogP contribution >= 0.6 is 0 Å². The smallest absolute Gasteiger partial charge is 0.416 e. The second-order valence-electron chi connectivity index (χ2n) is 6.86. The number of rotatable bonds is 1. The summed E-state index contributed by atoms with van der Waals surface area (Å²) in [5, 5.41) is 0. The first-order valence-corrected chi connectivity index (χ1v) is 7.71. The van der Waals surface area contributed by atoms with E-state index >= 15 is 0 Å². The van der Waals surface area contributed by atoms with E-state index in [4.69, 9.17) is 4.74 Å². The van der Waals surface area contributed by atoms with Gasteiger partial charge >= 0.3 is 12.3 Å². The van der Waals surface area contributed by atoms with Crippen molar-refractivity contribution in [1.82, 2.24) is 4.90 Å². The Balaban J connectivity index is 1.98. The summed E-state index contributed by atoms with van der Waals surface area (Å²) in [5.41, 5.74) is -0.483. The van der Waals surface area contributed by atoms with Crippen molar-refractivity contribution in [3.63, 3.8) is 0 Å². The maximum absolute atomic E-state index is 12.8. The Morgan fingerprint density at radius 1 is 1.17 bits per heavy atom. The predicted molar refractivity (Wildman–Crippen MR) is 81.2 cm³/mol. The average Bonchev–Trinajstić information content (AvgIpc) is 2.45. The summed E-state index contributed by atoms with van der Waals surface area (Å²) in [7, 11) is 0. The van der Waals surface area contributed by atoms with E-state index in [9.17, 15) is 18.0 Å². The second kappa shape index (κ2) is 6.42. The largest absolute Gasteiger partial charge is 0.444 e. The molecule has 1 aliphatic heterocycles. The van der Waals surface area contributed by atoms with Crippen LogP contribution in [0.25, 0.3) is 0 Å². The van der Waals surface area contributed by atoms with Crippen LogP contribution < -0.4 is 0 Å². The topological polar surface area (TPSA) is 29.5 Å². The van der Waals surface area contributed by atoms with Gasteiger partial charge in [-0.1, -0.05) is 18.2 Å². The fraction of sp³-hybridized carbons (Fsp3) is 0.588. The van der Waals surface area contributed by atoms with Gasteiger partial charge in [-0.15, -0.1) is 0 Å². The number of ether oxygens (including phenoxy) is 1. The highest BCUT2D eigenvalue weighted by Gasteiger charge is 2.32. The van der Waals surface area contributed by atoms with E-state index in [1.807, 2.05) is 0 Å². The van der Waals surface area contributed by atoms with Gasteiger partial charge in [0.1, 0.15) is 5.60 Å². The molecule has 6 heteroatoms. The zero-order chi connectivity index (χ0) is 17.3. The van der Waals surface area contributed by atoms with Gasteiger partial charge in [-0.05, 0) is 51.2 Å². The molecule has 0 aromatic heterocycles. The average molecular weight is 329 g/mol. The Morgan fingerprint density at radius 2 is 1.78 bits per heavy atom. The SMILES string of the molecule is CC(C)(C)OC(=O)N1CCC(c2cccc(C(F)(F)F)c2)CC1. The van der Waals surface area contributed by atoms with E-state index in [-0.39, 0.29) is 12.0 Å². The first-order valence-electron chi connectivity index (χ1n) is 7.71. The van der Waals surface area contributed by atoms with E-state index in [1.54, 1.807) is 31.7 Å². The van der Waals surface area contributed by atoms with Crippen LogP contribution in [0.3, 0.4) is 0 Å². The Hall–Kier alpha value is -1.72. The highest BCUT2D eigenvalue weighted by atomic mass is 19.4. The lowest BCUT2D eigenvalue weighted by Gasteiger charge is -2.33. The molecule has 1 amide bonds. The fourth-order valence-electron chi connectivity index (χ4n) is 2.69. The molecule has 0 unspecified atom stereocenters. The Kier molecular flexibility index (Phi) is 4.92. The quantitative estimate of drug-likeness (QED) is 0.739. The third-order valence-electron chi connectivity index (χ3n) is 3.83. The molecule has 1 aromatic rings. The molecule has 0 aliphatic carbocycles. The number of carbonyl (C=O) groups excluding carboxylic acids is 1. The van der Waals surface area contributed by atoms with Crippen molar-refractivity contribution >= 4 is 6.09 Å². The van der Waals surface area contributed by atoms with E-state index in [0.717, 1.165) is 6.07 Å². The van der Waals surface area contributed by atoms with E-state index in [2.05, 4.69) is 0 Å². The maximum atomic E-state index is 12.8. The molecule has 0 atom stereocenters. The van der Waals surface area contributed by atoms with Gasteiger partial charge in [0, 0.05) is 13.1 Å². The van der Waals surface area contributed by atoms with Crippen LogP contribution in [-0.2, 0) is 10.9 Å². The molecule has 1 saturated heterocycles. The number of amides is 1. The molecule has 128 valence electrons. The van der Waals surface area contributed by atoms with Crippen LogP contribution in [0.5, 0.6) is 0 Å². The highest BCUT2D eigenvalue weighted by Crippen LogP contribution is 2.34. The van der Waals surface area contributed by atoms with Gasteiger partial charge in [0.2, 0.25) is 0 Å². The number of alkyl halides is 3. The van der Waals surface area contributed by atoms with Crippen molar-refractivity contribution in [2.75, 3.05) is 13.1 Å². The van der Waals surface area contributed by atoms with Crippen molar-refractivity contribution in [2.45, 2.75) is 51.3 Å². The maximum Gasteiger partial charge on any atom is 0.416 e. The molecule has 0 N–H and O–H groups in total. The fourth-order valence-corrected chi connectivity index (χ4v) is 2.69. The summed E-state index contributed by atoms with van der Waals surface area (Å²) in [4.78, 5) is 13.6. The summed E-state index contributed by atoms with van der Waals surface area (Å²) in [5.74, 6) is 0.0380. The van der Waals surface area contributed by atoms with Crippen LogP contribution in [0.4, 0.5) is 18.0 Å². The Labute approximate surface area is 134 Å². The van der Waals surface area contributed by atoms with Gasteiger partial charge in [0.25, 0.3) is 0 Å². The molecule has 1 heterocycles. The lowest BCUT2D eigenvalue weighted by Crippen LogP contribution is -2.41. The highest BCUT2D eigenvalue weighted by molar-refractivity contribution is 5.68. The molecule has 1 fully saturated rings. The first-order chi connectivity index (χ1) is 10.6. The molecule has 0 spiro atoms. The number of hydrogen-bond donors (Lipinski definition) is 0. The summed E-state index contributed by atoms with van der Waals surface area (Å²) >= 11 is 0. The standard InChI is InChI=1S/C17H22F3NO2/c1-16(2,3)23-15(22)21-9-7-12(8-10-21)13-5-4-6-14(11-13)17(18,19)20/h4-6,11-12H,7-10H2,1-3H3. The van der Waals surface area contributed by atoms with Crippen molar-refractivity contribution in [3.05, 3.63) is 35.4 Å². The third-order valence-corrected chi connectivity index (χ3v) is 3.83. The van der Waals surface area contributed by atoms with Gasteiger partial charge in [-0.3, -0.25) is 0 Å². The molecule has 3 nitrogen and oxygen atoms in total. The lowest BCUT2D eigenvalue weighted by molar-refractivity contribution is -0.137. The van der Waals surface area contributed by atoms with Crippen molar-refractivity contribution in [3.8, 4) is 0 Å². The minimum atomic E-state index is -4.33. The second-order valence-corrected chi connectivity index (χ2v) is 6.86. The molecule has 0 saturated carbocycles. The normalized spacial score (nSPS) is 17.2. The molecule has 1 aliphatic rings. The van der Waals surface area contributed by atoms with Gasteiger partial charge < -0.3 is 9.64 Å². The van der Waals surface area contributed by atoms with E-state index in [0.29, 0.717) is 31.5 Å². The number of carbonyl (C=O) groups is 1. The summed E-state index contributed by atoms with van der Waals surface area (Å²) in [6, 6.07) is 5.47. The molecular formula is C17H22F3NO2. The van der Waals surface area contributed by atoms with Crippen LogP contribution in [0.15, 0.2) is 24.3 Å². The minimum Gasteiger partial charge on any atom is -0.444 e. The monoisotopic (exact) mass is 329 g/mol. The van der Waals surface area contributed by atoms with Crippen LogP contribution in [0, 0.1) is 0 Å². The number of benzene rings is 1. The number of piperidine rings is 1. The molecule has 0 radical (unpaired) electrons. The van der Waals surface area contributed by atoms with Crippen molar-refractivity contribution < 1.29 is 22.7 Å². The number of nitrogens with zero attached hydrogens (tertiary/aromatic N) is 1. The van der Waals surface area contributed by atoms with E-state index in [1.165, 1.54) is 12.1 Å². The van der Waals surface area contributed by atoms with Gasteiger partial charge in [0.15, 0.2) is 0 Å². The molecule has 0 bridgehead atoms. The van der Waals surface area contributed by atoms with Crippen molar-refractivity contribution in [2.24, 2.45) is 0 Å². The Morgan fingerprint density at radius 3 is 2.30 bits per heavy atom. The zero-order valence-corrected chi connectivity index (χ0v) is 13.6. The number of likely N-dealkylation sites (tertiary alicyclic amines) is 1. The van der Waals surface area contributed by atoms with E-state index < -0.39 is 17.3 Å². The number of hydrogen-bond acceptors (Lipinski definition) is 2. The summed E-state index contributed by atoms with van der Waals surface area (Å²) < 4.78 is 43.7. The predicted octanol–water partition coefficient (Wildman–Crippen LogP) is 4.82. The minimum absolute atomic E-state index is 0.0380.